The molecule has 1 atom stereocenters. The van der Waals surface area contributed by atoms with Gasteiger partial charge in [0.25, 0.3) is 0 Å². The zero-order valence-electron chi connectivity index (χ0n) is 13.6. The Kier molecular flexibility index (Phi) is 4.90. The lowest BCUT2D eigenvalue weighted by Gasteiger charge is -2.31. The molecule has 4 heteroatoms. The molecule has 0 fully saturated rings. The highest BCUT2D eigenvalue weighted by Crippen LogP contribution is 2.18. The van der Waals surface area contributed by atoms with Gasteiger partial charge in [0.2, 0.25) is 0 Å². The van der Waals surface area contributed by atoms with Gasteiger partial charge in [0.05, 0.1) is 6.20 Å². The topological polar surface area (TPSA) is 33.1 Å². The summed E-state index contributed by atoms with van der Waals surface area (Å²) >= 11 is 0. The normalized spacial score (nSPS) is 16.5. The van der Waals surface area contributed by atoms with E-state index in [1.54, 1.807) is 0 Å². The highest BCUT2D eigenvalue weighted by Gasteiger charge is 2.17. The Labute approximate surface area is 133 Å². The fraction of sp³-hybridized carbons (Fsp3) is 0.500. The first-order valence-electron chi connectivity index (χ1n) is 8.28. The molecule has 2 aromatic rings. The number of fused-ring (bicyclic) bond motifs is 1. The van der Waals surface area contributed by atoms with Gasteiger partial charge in [-0.3, -0.25) is 9.58 Å². The summed E-state index contributed by atoms with van der Waals surface area (Å²) in [5.41, 5.74) is 4.27. The molecule has 0 radical (unpaired) electrons. The molecule has 0 bridgehead atoms. The number of nitrogens with zero attached hydrogens (tertiary/aromatic N) is 3. The van der Waals surface area contributed by atoms with Gasteiger partial charge in [-0.05, 0) is 31.4 Å². The Morgan fingerprint density at radius 2 is 2.09 bits per heavy atom. The lowest BCUT2D eigenvalue weighted by molar-refractivity contribution is 0.229. The molecule has 0 saturated heterocycles. The molecule has 0 unspecified atom stereocenters. The summed E-state index contributed by atoms with van der Waals surface area (Å²) < 4.78 is 1.98. The van der Waals surface area contributed by atoms with E-state index in [1.165, 1.54) is 23.1 Å². The third kappa shape index (κ3) is 3.76. The van der Waals surface area contributed by atoms with Crippen molar-refractivity contribution in [2.24, 2.45) is 0 Å². The lowest BCUT2D eigenvalue weighted by atomic mass is 10.00. The van der Waals surface area contributed by atoms with Crippen molar-refractivity contribution in [3.05, 3.63) is 53.3 Å². The minimum absolute atomic E-state index is 0.482. The van der Waals surface area contributed by atoms with Crippen molar-refractivity contribution in [2.75, 3.05) is 13.1 Å². The Morgan fingerprint density at radius 3 is 2.86 bits per heavy atom. The molecule has 0 saturated carbocycles. The lowest BCUT2D eigenvalue weighted by Crippen LogP contribution is -2.41. The van der Waals surface area contributed by atoms with Crippen LogP contribution in [0.4, 0.5) is 0 Å². The highest BCUT2D eigenvalue weighted by molar-refractivity contribution is 5.29. The van der Waals surface area contributed by atoms with E-state index in [2.05, 4.69) is 59.6 Å². The van der Waals surface area contributed by atoms with E-state index in [0.29, 0.717) is 6.04 Å². The van der Waals surface area contributed by atoms with Crippen LogP contribution in [0.2, 0.25) is 0 Å². The maximum Gasteiger partial charge on any atom is 0.0534 e. The highest BCUT2D eigenvalue weighted by atomic mass is 15.3. The molecule has 0 spiro atoms. The molecule has 22 heavy (non-hydrogen) atoms. The van der Waals surface area contributed by atoms with Crippen LogP contribution >= 0.6 is 0 Å². The monoisotopic (exact) mass is 298 g/mol. The maximum absolute atomic E-state index is 4.32. The molecule has 4 nitrogen and oxygen atoms in total. The molecular formula is C18H26N4. The van der Waals surface area contributed by atoms with Crippen molar-refractivity contribution < 1.29 is 0 Å². The first-order valence-corrected chi connectivity index (χ1v) is 8.28. The number of hydrogen-bond acceptors (Lipinski definition) is 3. The van der Waals surface area contributed by atoms with Gasteiger partial charge in [-0.25, -0.2) is 0 Å². The van der Waals surface area contributed by atoms with Gasteiger partial charge in [0.15, 0.2) is 0 Å². The third-order valence-electron chi connectivity index (χ3n) is 4.41. The summed E-state index contributed by atoms with van der Waals surface area (Å²) in [5.74, 6) is 0. The summed E-state index contributed by atoms with van der Waals surface area (Å²) in [6.45, 7) is 9.54. The molecule has 0 aliphatic carbocycles. The van der Waals surface area contributed by atoms with Crippen LogP contribution in [-0.4, -0.2) is 33.8 Å². The molecule has 1 aromatic carbocycles. The summed E-state index contributed by atoms with van der Waals surface area (Å²) in [6, 6.07) is 9.30. The van der Waals surface area contributed by atoms with Gasteiger partial charge in [-0.1, -0.05) is 24.3 Å². The second-order valence-electron chi connectivity index (χ2n) is 6.24. The minimum Gasteiger partial charge on any atom is -0.309 e. The Hall–Kier alpha value is -1.65. The van der Waals surface area contributed by atoms with Gasteiger partial charge in [-0.2, -0.15) is 5.10 Å². The van der Waals surface area contributed by atoms with Crippen LogP contribution in [0.5, 0.6) is 0 Å². The Morgan fingerprint density at radius 1 is 1.27 bits per heavy atom. The van der Waals surface area contributed by atoms with Gasteiger partial charge in [0.1, 0.15) is 0 Å². The second kappa shape index (κ2) is 7.07. The molecule has 1 aromatic heterocycles. The summed E-state index contributed by atoms with van der Waals surface area (Å²) in [7, 11) is 0. The predicted octanol–water partition coefficient (Wildman–Crippen LogP) is 2.44. The predicted molar refractivity (Wildman–Crippen MR) is 89.6 cm³/mol. The molecule has 0 amide bonds. The van der Waals surface area contributed by atoms with Crippen LogP contribution in [0.15, 0.2) is 36.7 Å². The Balaban J connectivity index is 1.47. The van der Waals surface area contributed by atoms with Gasteiger partial charge in [-0.15, -0.1) is 0 Å². The quantitative estimate of drug-likeness (QED) is 0.889. The Bertz CT molecular complexity index is 605. The number of nitrogens with one attached hydrogen (secondary N) is 1. The molecule has 3 rings (SSSR count). The van der Waals surface area contributed by atoms with E-state index >= 15 is 0 Å². The van der Waals surface area contributed by atoms with E-state index in [4.69, 9.17) is 0 Å². The van der Waals surface area contributed by atoms with Crippen LogP contribution in [0, 0.1) is 0 Å². The summed E-state index contributed by atoms with van der Waals surface area (Å²) in [4.78, 5) is 2.55. The van der Waals surface area contributed by atoms with Crippen LogP contribution in [-0.2, 0) is 26.1 Å². The number of aryl methyl sites for hydroxylation is 1. The molecule has 1 N–H and O–H groups in total. The van der Waals surface area contributed by atoms with Crippen LogP contribution in [0.1, 0.15) is 30.5 Å². The van der Waals surface area contributed by atoms with E-state index in [0.717, 1.165) is 32.7 Å². The van der Waals surface area contributed by atoms with Gasteiger partial charge in [0, 0.05) is 50.5 Å². The number of hydrogen-bond donors (Lipinski definition) is 1. The summed E-state index contributed by atoms with van der Waals surface area (Å²) in [5, 5.41) is 7.93. The van der Waals surface area contributed by atoms with Crippen molar-refractivity contribution in [1.82, 2.24) is 20.0 Å². The van der Waals surface area contributed by atoms with Crippen LogP contribution < -0.4 is 5.32 Å². The maximum atomic E-state index is 4.32. The third-order valence-corrected chi connectivity index (χ3v) is 4.41. The van der Waals surface area contributed by atoms with Crippen LogP contribution in [0.25, 0.3) is 0 Å². The van der Waals surface area contributed by atoms with Crippen molar-refractivity contribution in [3.63, 3.8) is 0 Å². The number of benzene rings is 1. The second-order valence-corrected chi connectivity index (χ2v) is 6.24. The summed E-state index contributed by atoms with van der Waals surface area (Å²) in [6.07, 6.45) is 5.25. The number of rotatable bonds is 6. The zero-order valence-corrected chi connectivity index (χ0v) is 13.6. The first kappa shape index (κ1) is 15.3. The van der Waals surface area contributed by atoms with E-state index in [1.807, 2.05) is 10.9 Å². The smallest absolute Gasteiger partial charge is 0.0534 e. The first-order chi connectivity index (χ1) is 10.7. The number of aromatic nitrogens is 2. The molecule has 2 heterocycles. The zero-order chi connectivity index (χ0) is 15.4. The largest absolute Gasteiger partial charge is 0.309 e. The molecule has 118 valence electrons. The minimum atomic E-state index is 0.482. The standard InChI is InChI=1S/C18H26N4/c1-3-22-13-16(11-20-22)10-19-15(2)12-21-9-8-17-6-4-5-7-18(17)14-21/h4-7,11,13,15,19H,3,8-10,12,14H2,1-2H3/t15-/m0/s1. The van der Waals surface area contributed by atoms with Crippen molar-refractivity contribution in [2.45, 2.75) is 45.9 Å². The fourth-order valence-electron chi connectivity index (χ4n) is 3.12. The molecule has 1 aliphatic heterocycles. The average Bonchev–Trinajstić information content (AvgIpc) is 3.01. The van der Waals surface area contributed by atoms with Gasteiger partial charge < -0.3 is 5.32 Å². The average molecular weight is 298 g/mol. The molecule has 1 aliphatic rings. The molecular weight excluding hydrogens is 272 g/mol. The fourth-order valence-corrected chi connectivity index (χ4v) is 3.12. The van der Waals surface area contributed by atoms with E-state index < -0.39 is 0 Å². The van der Waals surface area contributed by atoms with Crippen molar-refractivity contribution in [1.29, 1.82) is 0 Å². The van der Waals surface area contributed by atoms with Crippen LogP contribution in [0.3, 0.4) is 0 Å². The van der Waals surface area contributed by atoms with Crippen molar-refractivity contribution >= 4 is 0 Å². The van der Waals surface area contributed by atoms with Crippen molar-refractivity contribution in [3.8, 4) is 0 Å². The van der Waals surface area contributed by atoms with E-state index in [9.17, 15) is 0 Å². The van der Waals surface area contributed by atoms with Gasteiger partial charge >= 0.3 is 0 Å². The SMILES string of the molecule is CCn1cc(CN[C@@H](C)CN2CCc3ccccc3C2)cn1. The van der Waals surface area contributed by atoms with E-state index in [-0.39, 0.29) is 0 Å².